The lowest BCUT2D eigenvalue weighted by molar-refractivity contribution is 0.0948. The Morgan fingerprint density at radius 3 is 2.92 bits per heavy atom. The number of carbonyl (C=O) groups is 1. The van der Waals surface area contributed by atoms with E-state index < -0.39 is 11.5 Å². The number of aromatic nitrogens is 3. The summed E-state index contributed by atoms with van der Waals surface area (Å²) in [5.41, 5.74) is 1.73. The topological polar surface area (TPSA) is 85.6 Å². The summed E-state index contributed by atoms with van der Waals surface area (Å²) in [6.07, 6.45) is 4.59. The Hall–Kier alpha value is -3.22. The average Bonchev–Trinajstić information content (AvgIpc) is 2.62. The van der Waals surface area contributed by atoms with Crippen molar-refractivity contribution in [1.29, 1.82) is 0 Å². The third-order valence-corrected chi connectivity index (χ3v) is 3.67. The molecule has 3 aromatic rings. The van der Waals surface area contributed by atoms with Gasteiger partial charge in [-0.25, -0.2) is 9.97 Å². The molecule has 0 aliphatic carbocycles. The first-order chi connectivity index (χ1) is 12.1. The number of ether oxygens (including phenoxy) is 1. The normalized spacial score (nSPS) is 10.6. The quantitative estimate of drug-likeness (QED) is 0.766. The second-order valence-electron chi connectivity index (χ2n) is 5.50. The van der Waals surface area contributed by atoms with Gasteiger partial charge < -0.3 is 10.1 Å². The molecule has 25 heavy (non-hydrogen) atoms. The maximum absolute atomic E-state index is 12.5. The minimum absolute atomic E-state index is 0.00931. The SMILES string of the molecule is CCOc1ncccc1CNC(=O)c1cnc2ccc(C)cn2c1=O. The van der Waals surface area contributed by atoms with Crippen LogP contribution in [-0.2, 0) is 6.54 Å². The number of aryl methyl sites for hydroxylation is 1. The summed E-state index contributed by atoms with van der Waals surface area (Å²) in [4.78, 5) is 33.2. The van der Waals surface area contributed by atoms with E-state index in [4.69, 9.17) is 4.74 Å². The van der Waals surface area contributed by atoms with E-state index in [-0.39, 0.29) is 12.1 Å². The summed E-state index contributed by atoms with van der Waals surface area (Å²) in [6.45, 7) is 4.42. The highest BCUT2D eigenvalue weighted by molar-refractivity contribution is 5.93. The fourth-order valence-corrected chi connectivity index (χ4v) is 2.43. The molecule has 3 heterocycles. The lowest BCUT2D eigenvalue weighted by Gasteiger charge is -2.10. The van der Waals surface area contributed by atoms with E-state index in [1.165, 1.54) is 10.6 Å². The van der Waals surface area contributed by atoms with Crippen molar-refractivity contribution < 1.29 is 9.53 Å². The van der Waals surface area contributed by atoms with Crippen molar-refractivity contribution in [3.05, 3.63) is 69.9 Å². The van der Waals surface area contributed by atoms with Gasteiger partial charge in [0.2, 0.25) is 5.88 Å². The molecule has 0 radical (unpaired) electrons. The molecular weight excluding hydrogens is 320 g/mol. The van der Waals surface area contributed by atoms with Crippen molar-refractivity contribution in [2.24, 2.45) is 0 Å². The largest absolute Gasteiger partial charge is 0.478 e. The van der Waals surface area contributed by atoms with Gasteiger partial charge in [-0.1, -0.05) is 12.1 Å². The van der Waals surface area contributed by atoms with Gasteiger partial charge in [0.1, 0.15) is 11.2 Å². The van der Waals surface area contributed by atoms with Crippen LogP contribution in [-0.4, -0.2) is 26.9 Å². The summed E-state index contributed by atoms with van der Waals surface area (Å²) in [5, 5.41) is 2.72. The maximum Gasteiger partial charge on any atom is 0.270 e. The van der Waals surface area contributed by atoms with E-state index in [0.717, 1.165) is 11.1 Å². The fourth-order valence-electron chi connectivity index (χ4n) is 2.43. The van der Waals surface area contributed by atoms with Crippen LogP contribution in [0.15, 0.2) is 47.7 Å². The third kappa shape index (κ3) is 3.50. The zero-order valence-electron chi connectivity index (χ0n) is 14.0. The molecule has 0 fully saturated rings. The lowest BCUT2D eigenvalue weighted by atomic mass is 10.2. The van der Waals surface area contributed by atoms with Crippen molar-refractivity contribution in [3.63, 3.8) is 0 Å². The van der Waals surface area contributed by atoms with Gasteiger partial charge in [-0.15, -0.1) is 0 Å². The smallest absolute Gasteiger partial charge is 0.270 e. The summed E-state index contributed by atoms with van der Waals surface area (Å²) in [6, 6.07) is 7.17. The highest BCUT2D eigenvalue weighted by Gasteiger charge is 2.14. The Balaban J connectivity index is 1.84. The van der Waals surface area contributed by atoms with E-state index >= 15 is 0 Å². The van der Waals surface area contributed by atoms with Crippen molar-refractivity contribution in [1.82, 2.24) is 19.7 Å². The molecule has 0 bridgehead atoms. The van der Waals surface area contributed by atoms with Gasteiger partial charge >= 0.3 is 0 Å². The van der Waals surface area contributed by atoms with Crippen molar-refractivity contribution in [3.8, 4) is 5.88 Å². The number of hydrogen-bond acceptors (Lipinski definition) is 5. The highest BCUT2D eigenvalue weighted by atomic mass is 16.5. The van der Waals surface area contributed by atoms with Crippen LogP contribution < -0.4 is 15.6 Å². The van der Waals surface area contributed by atoms with Crippen molar-refractivity contribution >= 4 is 11.6 Å². The molecule has 7 nitrogen and oxygen atoms in total. The Bertz CT molecular complexity index is 981. The van der Waals surface area contributed by atoms with E-state index in [0.29, 0.717) is 18.1 Å². The molecule has 0 aromatic carbocycles. The molecule has 0 saturated heterocycles. The molecule has 3 aromatic heterocycles. The van der Waals surface area contributed by atoms with Crippen molar-refractivity contribution in [2.45, 2.75) is 20.4 Å². The van der Waals surface area contributed by atoms with E-state index in [2.05, 4.69) is 15.3 Å². The first kappa shape index (κ1) is 16.6. The molecule has 128 valence electrons. The summed E-state index contributed by atoms with van der Waals surface area (Å²) < 4.78 is 6.80. The monoisotopic (exact) mass is 338 g/mol. The van der Waals surface area contributed by atoms with Crippen LogP contribution >= 0.6 is 0 Å². The number of nitrogens with one attached hydrogen (secondary N) is 1. The van der Waals surface area contributed by atoms with Crippen LogP contribution in [0.5, 0.6) is 5.88 Å². The summed E-state index contributed by atoms with van der Waals surface area (Å²) in [5.74, 6) is -0.0195. The van der Waals surface area contributed by atoms with Gasteiger partial charge in [0.25, 0.3) is 11.5 Å². The predicted octanol–water partition coefficient (Wildman–Crippen LogP) is 1.73. The lowest BCUT2D eigenvalue weighted by Crippen LogP contribution is -2.31. The standard InChI is InChI=1S/C18H18N4O3/c1-3-25-17-13(5-4-8-19-17)9-21-16(23)14-10-20-15-7-6-12(2)11-22(15)18(14)24/h4-8,10-11H,3,9H2,1-2H3,(H,21,23). The molecule has 0 spiro atoms. The number of amides is 1. The van der Waals surface area contributed by atoms with Gasteiger partial charge in [-0.3, -0.25) is 14.0 Å². The van der Waals surface area contributed by atoms with Gasteiger partial charge in [0, 0.05) is 30.7 Å². The van der Waals surface area contributed by atoms with E-state index in [1.54, 1.807) is 24.5 Å². The minimum Gasteiger partial charge on any atom is -0.478 e. The molecule has 0 saturated carbocycles. The summed E-state index contributed by atoms with van der Waals surface area (Å²) >= 11 is 0. The third-order valence-electron chi connectivity index (χ3n) is 3.67. The molecule has 0 unspecified atom stereocenters. The first-order valence-electron chi connectivity index (χ1n) is 7.93. The zero-order chi connectivity index (χ0) is 17.8. The van der Waals surface area contributed by atoms with E-state index in [1.807, 2.05) is 26.0 Å². The molecule has 0 aliphatic rings. The fraction of sp³-hybridized carbons (Fsp3) is 0.222. The minimum atomic E-state index is -0.486. The van der Waals surface area contributed by atoms with Gasteiger partial charge in [0.15, 0.2) is 0 Å². The second-order valence-corrected chi connectivity index (χ2v) is 5.50. The zero-order valence-corrected chi connectivity index (χ0v) is 14.0. The number of rotatable bonds is 5. The molecule has 3 rings (SSSR count). The average molecular weight is 338 g/mol. The Kier molecular flexibility index (Phi) is 4.74. The number of nitrogens with zero attached hydrogens (tertiary/aromatic N) is 3. The molecule has 0 atom stereocenters. The molecule has 1 amide bonds. The number of hydrogen-bond donors (Lipinski definition) is 1. The van der Waals surface area contributed by atoms with Crippen LogP contribution in [0.4, 0.5) is 0 Å². The first-order valence-corrected chi connectivity index (χ1v) is 7.93. The maximum atomic E-state index is 12.5. The molecule has 0 aliphatic heterocycles. The van der Waals surface area contributed by atoms with Crippen LogP contribution in [0.1, 0.15) is 28.4 Å². The van der Waals surface area contributed by atoms with Gasteiger partial charge in [-0.2, -0.15) is 0 Å². The van der Waals surface area contributed by atoms with E-state index in [9.17, 15) is 9.59 Å². The Morgan fingerprint density at radius 1 is 1.28 bits per heavy atom. The number of pyridine rings is 2. The number of carbonyl (C=O) groups excluding carboxylic acids is 1. The van der Waals surface area contributed by atoms with Crippen LogP contribution in [0.3, 0.4) is 0 Å². The summed E-state index contributed by atoms with van der Waals surface area (Å²) in [7, 11) is 0. The van der Waals surface area contributed by atoms with Gasteiger partial charge in [0.05, 0.1) is 6.61 Å². The predicted molar refractivity (Wildman–Crippen MR) is 92.8 cm³/mol. The number of fused-ring (bicyclic) bond motifs is 1. The van der Waals surface area contributed by atoms with Crippen LogP contribution in [0, 0.1) is 6.92 Å². The Labute approximate surface area is 144 Å². The van der Waals surface area contributed by atoms with Crippen LogP contribution in [0.25, 0.3) is 5.65 Å². The second kappa shape index (κ2) is 7.12. The molecular formula is C18H18N4O3. The molecule has 7 heteroatoms. The highest BCUT2D eigenvalue weighted by Crippen LogP contribution is 2.13. The van der Waals surface area contributed by atoms with Crippen molar-refractivity contribution in [2.75, 3.05) is 6.61 Å². The van der Waals surface area contributed by atoms with Gasteiger partial charge in [-0.05, 0) is 31.5 Å². The molecule has 1 N–H and O–H groups in total. The van der Waals surface area contributed by atoms with Crippen LogP contribution in [0.2, 0.25) is 0 Å². The Morgan fingerprint density at radius 2 is 2.12 bits per heavy atom.